The lowest BCUT2D eigenvalue weighted by atomic mass is 9.94. The molecule has 53 heavy (non-hydrogen) atoms. The second-order valence-corrected chi connectivity index (χ2v) is 14.5. The van der Waals surface area contributed by atoms with Gasteiger partial charge in [-0.05, 0) is 97.3 Å². The minimum atomic E-state index is 0.680. The van der Waals surface area contributed by atoms with E-state index in [1.165, 1.54) is 42.3 Å². The largest absolute Gasteiger partial charge is 0.460 e. The van der Waals surface area contributed by atoms with Crippen molar-refractivity contribution in [1.82, 2.24) is 0 Å². The zero-order valence-electron chi connectivity index (χ0n) is 30.7. The third kappa shape index (κ3) is 6.79. The van der Waals surface area contributed by atoms with Gasteiger partial charge in [0.25, 0.3) is 0 Å². The van der Waals surface area contributed by atoms with E-state index in [-0.39, 0.29) is 0 Å². The Morgan fingerprint density at radius 3 is 2.36 bits per heavy atom. The Bertz CT molecular complexity index is 2660. The number of hydrogen-bond acceptors (Lipinski definition) is 3. The Hall–Kier alpha value is -5.84. The van der Waals surface area contributed by atoms with Gasteiger partial charge in [0, 0.05) is 48.8 Å². The van der Waals surface area contributed by atoms with Gasteiger partial charge >= 0.3 is 0 Å². The number of fused-ring (bicyclic) bond motifs is 6. The van der Waals surface area contributed by atoms with Gasteiger partial charge in [0.05, 0.1) is 5.70 Å². The molecule has 5 aromatic carbocycles. The molecule has 0 saturated carbocycles. The second-order valence-electron chi connectivity index (χ2n) is 13.4. The molecular formula is C49H42N2OS. The van der Waals surface area contributed by atoms with E-state index >= 15 is 0 Å². The molecular weight excluding hydrogens is 665 g/mol. The van der Waals surface area contributed by atoms with E-state index in [9.17, 15) is 0 Å². The number of amidine groups is 1. The molecule has 0 fully saturated rings. The standard InChI is InChI=1S/C49H42N2OS/c1-5-15-33(7-3)34-23-25-36(26-24-34)49(51-43(16-6-2)35-17-9-8-10-18-35)50-32(4)38-29-42(48-41-20-12-14-22-46(41)53-47(48)31-38)37-27-28-40-39-19-11-13-21-44(39)52-45(40)30-37/h5,7-12,14-20,22-31H,6,13,21H2,1-4H3/b15-5-,33-7+,43-16+,50-32?,51-49?. The number of furan rings is 1. The Labute approximate surface area is 315 Å². The summed E-state index contributed by atoms with van der Waals surface area (Å²) < 4.78 is 8.95. The molecule has 2 heterocycles. The van der Waals surface area contributed by atoms with E-state index in [1.54, 1.807) is 0 Å². The molecule has 3 nitrogen and oxygen atoms in total. The van der Waals surface area contributed by atoms with Gasteiger partial charge in [-0.1, -0.05) is 122 Å². The quantitative estimate of drug-likeness (QED) is 0.0880. The molecule has 8 rings (SSSR count). The molecule has 0 atom stereocenters. The van der Waals surface area contributed by atoms with Crippen molar-refractivity contribution in [3.63, 3.8) is 0 Å². The van der Waals surface area contributed by atoms with Crippen LogP contribution in [0, 0.1) is 0 Å². The minimum absolute atomic E-state index is 0.680. The van der Waals surface area contributed by atoms with Crippen molar-refractivity contribution < 1.29 is 4.42 Å². The lowest BCUT2D eigenvalue weighted by molar-refractivity contribution is 0.546. The number of nitrogens with zero attached hydrogens (tertiary/aromatic N) is 2. The van der Waals surface area contributed by atoms with Crippen molar-refractivity contribution in [1.29, 1.82) is 0 Å². The summed E-state index contributed by atoms with van der Waals surface area (Å²) in [7, 11) is 0. The van der Waals surface area contributed by atoms with Crippen LogP contribution in [0.1, 0.15) is 74.1 Å². The van der Waals surface area contributed by atoms with Gasteiger partial charge < -0.3 is 4.42 Å². The SMILES string of the molecule is C/C=C\C(=C/C)c1ccc(C(N=C(C)c2cc(-c3ccc4c5c(oc4c3)CCC=C5)c3c(c2)sc2ccccc23)=N/C(=C/CC)c2ccccc2)cc1. The fraction of sp³-hybridized carbons (Fsp3) is 0.143. The number of thiophene rings is 1. The minimum Gasteiger partial charge on any atom is -0.460 e. The van der Waals surface area contributed by atoms with Crippen molar-refractivity contribution in [3.8, 4) is 11.1 Å². The predicted octanol–water partition coefficient (Wildman–Crippen LogP) is 14.1. The van der Waals surface area contributed by atoms with Crippen LogP contribution >= 0.6 is 11.3 Å². The summed E-state index contributed by atoms with van der Waals surface area (Å²) in [5, 5.41) is 3.71. The average Bonchev–Trinajstić information content (AvgIpc) is 3.77. The first-order valence-corrected chi connectivity index (χ1v) is 19.3. The van der Waals surface area contributed by atoms with Gasteiger partial charge in [-0.2, -0.15) is 0 Å². The summed E-state index contributed by atoms with van der Waals surface area (Å²) in [4.78, 5) is 10.7. The first-order chi connectivity index (χ1) is 26.0. The molecule has 4 heteroatoms. The first kappa shape index (κ1) is 34.3. The van der Waals surface area contributed by atoms with E-state index < -0.39 is 0 Å². The lowest BCUT2D eigenvalue weighted by Gasteiger charge is -2.12. The monoisotopic (exact) mass is 706 g/mol. The maximum atomic E-state index is 6.45. The average molecular weight is 707 g/mol. The van der Waals surface area contributed by atoms with Crippen LogP contribution in [0.5, 0.6) is 0 Å². The third-order valence-electron chi connectivity index (χ3n) is 9.94. The van der Waals surface area contributed by atoms with Crippen LogP contribution in [0.4, 0.5) is 0 Å². The van der Waals surface area contributed by atoms with Crippen molar-refractivity contribution in [2.45, 2.75) is 47.0 Å². The summed E-state index contributed by atoms with van der Waals surface area (Å²) in [6.45, 7) is 8.38. The number of aryl methyl sites for hydroxylation is 1. The molecule has 0 amide bonds. The highest BCUT2D eigenvalue weighted by atomic mass is 32.1. The lowest BCUT2D eigenvalue weighted by Crippen LogP contribution is -2.05. The highest BCUT2D eigenvalue weighted by molar-refractivity contribution is 7.26. The van der Waals surface area contributed by atoms with Crippen molar-refractivity contribution >= 4 is 71.4 Å². The molecule has 260 valence electrons. The molecule has 2 aromatic heterocycles. The molecule has 7 aromatic rings. The van der Waals surface area contributed by atoms with Gasteiger partial charge in [-0.15, -0.1) is 11.3 Å². The molecule has 0 radical (unpaired) electrons. The van der Waals surface area contributed by atoms with E-state index in [4.69, 9.17) is 14.4 Å². The number of hydrogen-bond donors (Lipinski definition) is 0. The topological polar surface area (TPSA) is 37.9 Å². The summed E-state index contributed by atoms with van der Waals surface area (Å²) in [6, 6.07) is 39.0. The maximum absolute atomic E-state index is 6.45. The second kappa shape index (κ2) is 15.0. The number of allylic oxidation sites excluding steroid dienone is 6. The van der Waals surface area contributed by atoms with Gasteiger partial charge in [0.15, 0.2) is 5.84 Å². The number of aliphatic imine (C=N–C) groups is 2. The van der Waals surface area contributed by atoms with Gasteiger partial charge in [0.1, 0.15) is 11.3 Å². The summed E-state index contributed by atoms with van der Waals surface area (Å²) in [5.74, 6) is 1.76. The molecule has 1 aliphatic carbocycles. The Kier molecular flexibility index (Phi) is 9.71. The highest BCUT2D eigenvalue weighted by Crippen LogP contribution is 2.42. The molecule has 0 spiro atoms. The molecule has 0 N–H and O–H groups in total. The molecule has 0 aliphatic heterocycles. The van der Waals surface area contributed by atoms with Crippen LogP contribution < -0.4 is 0 Å². The van der Waals surface area contributed by atoms with E-state index in [0.29, 0.717) is 5.84 Å². The number of benzene rings is 5. The normalized spacial score (nSPS) is 14.3. The Balaban J connectivity index is 1.30. The fourth-order valence-electron chi connectivity index (χ4n) is 7.28. The number of rotatable bonds is 8. The summed E-state index contributed by atoms with van der Waals surface area (Å²) >= 11 is 1.83. The molecule has 0 unspecified atom stereocenters. The molecule has 1 aliphatic rings. The highest BCUT2D eigenvalue weighted by Gasteiger charge is 2.19. The molecule has 0 bridgehead atoms. The van der Waals surface area contributed by atoms with E-state index in [2.05, 4.69) is 160 Å². The zero-order valence-corrected chi connectivity index (χ0v) is 31.5. The zero-order chi connectivity index (χ0) is 36.3. The van der Waals surface area contributed by atoms with Gasteiger partial charge in [-0.3, -0.25) is 0 Å². The van der Waals surface area contributed by atoms with Gasteiger partial charge in [0.2, 0.25) is 0 Å². The van der Waals surface area contributed by atoms with Crippen molar-refractivity contribution in [2.24, 2.45) is 9.98 Å². The van der Waals surface area contributed by atoms with Crippen LogP contribution in [0.2, 0.25) is 0 Å². The van der Waals surface area contributed by atoms with Crippen LogP contribution in [-0.2, 0) is 6.42 Å². The van der Waals surface area contributed by atoms with E-state index in [1.807, 2.05) is 24.3 Å². The molecule has 0 saturated heterocycles. The summed E-state index contributed by atoms with van der Waals surface area (Å²) in [5.41, 5.74) is 11.7. The smallest absolute Gasteiger partial charge is 0.160 e. The van der Waals surface area contributed by atoms with Gasteiger partial charge in [-0.25, -0.2) is 9.98 Å². The third-order valence-corrected chi connectivity index (χ3v) is 11.1. The van der Waals surface area contributed by atoms with Crippen LogP contribution in [-0.4, -0.2) is 11.5 Å². The van der Waals surface area contributed by atoms with Crippen LogP contribution in [0.25, 0.3) is 59.6 Å². The predicted molar refractivity (Wildman–Crippen MR) is 230 cm³/mol. The Morgan fingerprint density at radius 2 is 1.57 bits per heavy atom. The van der Waals surface area contributed by atoms with E-state index in [0.717, 1.165) is 69.8 Å². The maximum Gasteiger partial charge on any atom is 0.160 e. The summed E-state index contributed by atoms with van der Waals surface area (Å²) in [6.07, 6.45) is 15.8. The van der Waals surface area contributed by atoms with Crippen LogP contribution in [0.3, 0.4) is 0 Å². The Morgan fingerprint density at radius 1 is 0.774 bits per heavy atom. The van der Waals surface area contributed by atoms with Crippen molar-refractivity contribution in [2.75, 3.05) is 0 Å². The fourth-order valence-corrected chi connectivity index (χ4v) is 8.45. The first-order valence-electron chi connectivity index (χ1n) is 18.5. The van der Waals surface area contributed by atoms with Crippen molar-refractivity contribution in [3.05, 3.63) is 173 Å². The van der Waals surface area contributed by atoms with Crippen LogP contribution in [0.15, 0.2) is 154 Å².